The van der Waals surface area contributed by atoms with Gasteiger partial charge in [-0.1, -0.05) is 42.1 Å². The van der Waals surface area contributed by atoms with Gasteiger partial charge in [0.15, 0.2) is 5.16 Å². The van der Waals surface area contributed by atoms with Gasteiger partial charge in [-0.2, -0.15) is 0 Å². The molecule has 4 rings (SSSR count). The number of para-hydroxylation sites is 2. The Balaban J connectivity index is 1.69. The molecule has 0 bridgehead atoms. The molecule has 0 aliphatic rings. The quantitative estimate of drug-likeness (QED) is 0.247. The van der Waals surface area contributed by atoms with Crippen LogP contribution in [0.3, 0.4) is 0 Å². The minimum atomic E-state index is -0.506. The number of aromatic nitrogens is 2. The number of amides is 1. The molecular weight excluding hydrogens is 458 g/mol. The van der Waals surface area contributed by atoms with E-state index in [1.54, 1.807) is 34.2 Å². The Hall–Kier alpha value is -3.43. The van der Waals surface area contributed by atoms with Gasteiger partial charge < -0.3 is 10.1 Å². The number of hydrogen-bond acceptors (Lipinski definition) is 7. The zero-order valence-corrected chi connectivity index (χ0v) is 19.9. The molecule has 1 amide bonds. The molecule has 33 heavy (non-hydrogen) atoms. The lowest BCUT2D eigenvalue weighted by Gasteiger charge is -2.17. The number of nitrogens with zero attached hydrogens (tertiary/aromatic N) is 2. The number of hydrogen-bond donors (Lipinski definition) is 1. The highest BCUT2D eigenvalue weighted by molar-refractivity contribution is 7.99. The summed E-state index contributed by atoms with van der Waals surface area (Å²) in [5, 5.41) is 5.38. The van der Waals surface area contributed by atoms with Crippen LogP contribution in [0.15, 0.2) is 63.9 Å². The van der Waals surface area contributed by atoms with Crippen molar-refractivity contribution in [3.8, 4) is 5.69 Å². The van der Waals surface area contributed by atoms with Crippen LogP contribution in [0, 0.1) is 13.8 Å². The molecule has 0 radical (unpaired) electrons. The van der Waals surface area contributed by atoms with E-state index in [9.17, 15) is 14.4 Å². The summed E-state index contributed by atoms with van der Waals surface area (Å²) < 4.78 is 6.33. The van der Waals surface area contributed by atoms with Gasteiger partial charge in [-0.15, -0.1) is 11.3 Å². The number of anilines is 1. The largest absolute Gasteiger partial charge is 0.465 e. The molecule has 0 saturated heterocycles. The van der Waals surface area contributed by atoms with Crippen molar-refractivity contribution in [3.05, 3.63) is 80.3 Å². The molecular formula is C24H21N3O4S2. The Kier molecular flexibility index (Phi) is 6.62. The number of esters is 1. The number of carbonyl (C=O) groups excluding carboxylic acids is 2. The number of rotatable bonds is 6. The van der Waals surface area contributed by atoms with Crippen molar-refractivity contribution in [1.29, 1.82) is 0 Å². The van der Waals surface area contributed by atoms with Crippen LogP contribution < -0.4 is 10.9 Å². The van der Waals surface area contributed by atoms with Gasteiger partial charge >= 0.3 is 5.97 Å². The highest BCUT2D eigenvalue weighted by atomic mass is 32.2. The second-order valence-corrected chi connectivity index (χ2v) is 9.14. The van der Waals surface area contributed by atoms with E-state index in [2.05, 4.69) is 5.32 Å². The van der Waals surface area contributed by atoms with E-state index in [0.29, 0.717) is 26.6 Å². The minimum absolute atomic E-state index is 0.00612. The fourth-order valence-corrected chi connectivity index (χ4v) is 5.10. The maximum atomic E-state index is 13.5. The first-order chi connectivity index (χ1) is 15.9. The Morgan fingerprint density at radius 3 is 2.55 bits per heavy atom. The third-order valence-corrected chi connectivity index (χ3v) is 6.88. The van der Waals surface area contributed by atoms with E-state index in [1.165, 1.54) is 30.2 Å². The van der Waals surface area contributed by atoms with Gasteiger partial charge in [0.2, 0.25) is 5.91 Å². The third kappa shape index (κ3) is 4.55. The summed E-state index contributed by atoms with van der Waals surface area (Å²) in [4.78, 5) is 43.0. The van der Waals surface area contributed by atoms with Crippen LogP contribution in [0.2, 0.25) is 0 Å². The molecule has 2 aromatic carbocycles. The zero-order valence-electron chi connectivity index (χ0n) is 18.2. The molecule has 0 saturated carbocycles. The van der Waals surface area contributed by atoms with Crippen molar-refractivity contribution in [2.75, 3.05) is 18.2 Å². The van der Waals surface area contributed by atoms with E-state index in [1.807, 2.05) is 38.1 Å². The summed E-state index contributed by atoms with van der Waals surface area (Å²) in [6, 6.07) is 14.6. The second kappa shape index (κ2) is 9.60. The first kappa shape index (κ1) is 22.8. The lowest BCUT2D eigenvalue weighted by molar-refractivity contribution is -0.113. The van der Waals surface area contributed by atoms with Gasteiger partial charge in [0.05, 0.1) is 35.1 Å². The van der Waals surface area contributed by atoms with Gasteiger partial charge in [0.25, 0.3) is 5.56 Å². The van der Waals surface area contributed by atoms with Gasteiger partial charge in [0, 0.05) is 0 Å². The monoisotopic (exact) mass is 479 g/mol. The third-order valence-electron chi connectivity index (χ3n) is 5.05. The number of thiophene rings is 1. The van der Waals surface area contributed by atoms with Crippen LogP contribution >= 0.6 is 23.1 Å². The fraction of sp³-hybridized carbons (Fsp3) is 0.167. The number of benzene rings is 2. The Morgan fingerprint density at radius 1 is 1.09 bits per heavy atom. The van der Waals surface area contributed by atoms with Crippen molar-refractivity contribution < 1.29 is 14.3 Å². The van der Waals surface area contributed by atoms with Crippen molar-refractivity contribution in [1.82, 2.24) is 9.55 Å². The van der Waals surface area contributed by atoms with Crippen LogP contribution in [-0.2, 0) is 9.53 Å². The number of fused-ring (bicyclic) bond motifs is 1. The number of carbonyl (C=O) groups is 2. The molecule has 0 atom stereocenters. The lowest BCUT2D eigenvalue weighted by Crippen LogP contribution is -2.24. The minimum Gasteiger partial charge on any atom is -0.465 e. The molecule has 7 nitrogen and oxygen atoms in total. The van der Waals surface area contributed by atoms with Gasteiger partial charge in [-0.05, 0) is 48.6 Å². The normalized spacial score (nSPS) is 10.9. The molecule has 0 fully saturated rings. The molecule has 2 heterocycles. The average molecular weight is 480 g/mol. The topological polar surface area (TPSA) is 90.3 Å². The second-order valence-electron chi connectivity index (χ2n) is 7.28. The van der Waals surface area contributed by atoms with Crippen LogP contribution in [0.25, 0.3) is 16.6 Å². The maximum Gasteiger partial charge on any atom is 0.350 e. The Labute approximate surface area is 198 Å². The van der Waals surface area contributed by atoms with Gasteiger partial charge in [-0.3, -0.25) is 14.2 Å². The molecule has 0 unspecified atom stereocenters. The molecule has 0 aliphatic heterocycles. The van der Waals surface area contributed by atoms with Crippen molar-refractivity contribution >= 4 is 51.6 Å². The predicted octanol–water partition coefficient (Wildman–Crippen LogP) is 4.58. The number of thioether (sulfide) groups is 1. The molecule has 168 valence electrons. The zero-order chi connectivity index (χ0) is 23.5. The van der Waals surface area contributed by atoms with E-state index in [4.69, 9.17) is 9.72 Å². The maximum absolute atomic E-state index is 13.5. The highest BCUT2D eigenvalue weighted by Gasteiger charge is 2.19. The molecule has 2 aromatic heterocycles. The Bertz CT molecular complexity index is 1400. The standard InChI is InChI=1S/C24H21N3O4S2/c1-14-7-6-8-15(2)20(14)27-22(29)16-9-4-5-10-17(16)26-24(27)33-13-19(28)25-18-11-12-32-21(18)23(30)31-3/h4-12H,13H2,1-3H3,(H,25,28). The molecule has 0 aliphatic carbocycles. The van der Waals surface area contributed by atoms with Gasteiger partial charge in [0.1, 0.15) is 4.88 Å². The summed E-state index contributed by atoms with van der Waals surface area (Å²) in [6.07, 6.45) is 0. The van der Waals surface area contributed by atoms with E-state index < -0.39 is 5.97 Å². The summed E-state index contributed by atoms with van der Waals surface area (Å²) >= 11 is 2.36. The van der Waals surface area contributed by atoms with Crippen LogP contribution in [-0.4, -0.2) is 34.3 Å². The Morgan fingerprint density at radius 2 is 1.82 bits per heavy atom. The van der Waals surface area contributed by atoms with Crippen molar-refractivity contribution in [2.45, 2.75) is 19.0 Å². The molecule has 9 heteroatoms. The first-order valence-corrected chi connectivity index (χ1v) is 11.9. The number of aryl methyl sites for hydroxylation is 2. The summed E-state index contributed by atoms with van der Waals surface area (Å²) in [5.41, 5.74) is 3.40. The summed E-state index contributed by atoms with van der Waals surface area (Å²) in [6.45, 7) is 3.88. The fourth-order valence-electron chi connectivity index (χ4n) is 3.54. The van der Waals surface area contributed by atoms with Crippen LogP contribution in [0.5, 0.6) is 0 Å². The average Bonchev–Trinajstić information content (AvgIpc) is 3.26. The smallest absolute Gasteiger partial charge is 0.350 e. The number of methoxy groups -OCH3 is 1. The highest BCUT2D eigenvalue weighted by Crippen LogP contribution is 2.27. The predicted molar refractivity (Wildman–Crippen MR) is 132 cm³/mol. The van der Waals surface area contributed by atoms with Crippen molar-refractivity contribution in [2.24, 2.45) is 0 Å². The first-order valence-electron chi connectivity index (χ1n) is 10.1. The number of ether oxygens (including phenoxy) is 1. The molecule has 1 N–H and O–H groups in total. The van der Waals surface area contributed by atoms with E-state index >= 15 is 0 Å². The van der Waals surface area contributed by atoms with Gasteiger partial charge in [-0.25, -0.2) is 9.78 Å². The van der Waals surface area contributed by atoms with Crippen LogP contribution in [0.1, 0.15) is 20.8 Å². The summed E-state index contributed by atoms with van der Waals surface area (Å²) in [7, 11) is 1.29. The number of nitrogens with one attached hydrogen (secondary N) is 1. The van der Waals surface area contributed by atoms with Crippen molar-refractivity contribution in [3.63, 3.8) is 0 Å². The SMILES string of the molecule is COC(=O)c1sccc1NC(=O)CSc1nc2ccccc2c(=O)n1-c1c(C)cccc1C. The van der Waals surface area contributed by atoms with Crippen LogP contribution in [0.4, 0.5) is 5.69 Å². The molecule has 0 spiro atoms. The lowest BCUT2D eigenvalue weighted by atomic mass is 10.1. The van der Waals surface area contributed by atoms with E-state index in [-0.39, 0.29) is 17.2 Å². The summed E-state index contributed by atoms with van der Waals surface area (Å²) in [5.74, 6) is -0.821. The van der Waals surface area contributed by atoms with E-state index in [0.717, 1.165) is 16.8 Å². The molecule has 4 aromatic rings.